The molecule has 0 saturated carbocycles. The van der Waals surface area contributed by atoms with Crippen molar-refractivity contribution in [3.05, 3.63) is 29.8 Å². The van der Waals surface area contributed by atoms with Gasteiger partial charge in [-0.1, -0.05) is 19.1 Å². The van der Waals surface area contributed by atoms with E-state index in [0.29, 0.717) is 11.8 Å². The molecule has 23 heavy (non-hydrogen) atoms. The molecule has 1 aromatic rings. The van der Waals surface area contributed by atoms with Crippen LogP contribution in [0.5, 0.6) is 0 Å². The number of carbonyl (C=O) groups is 1. The molecule has 2 atom stereocenters. The van der Waals surface area contributed by atoms with Crippen LogP contribution in [0.4, 0.5) is 5.69 Å². The molecule has 4 nitrogen and oxygen atoms in total. The summed E-state index contributed by atoms with van der Waals surface area (Å²) in [5.41, 5.74) is 2.56. The lowest BCUT2D eigenvalue weighted by Gasteiger charge is -2.39. The maximum Gasteiger partial charge on any atom is 0.239 e. The van der Waals surface area contributed by atoms with Gasteiger partial charge in [-0.25, -0.2) is 0 Å². The zero-order valence-electron chi connectivity index (χ0n) is 14.1. The molecule has 2 aliphatic heterocycles. The number of rotatable bonds is 2. The molecule has 2 unspecified atom stereocenters. The van der Waals surface area contributed by atoms with E-state index in [4.69, 9.17) is 0 Å². The molecule has 1 aromatic carbocycles. The number of carbonyl (C=O) groups excluding carboxylic acids is 1. The van der Waals surface area contributed by atoms with Crippen molar-refractivity contribution in [2.24, 2.45) is 5.92 Å². The van der Waals surface area contributed by atoms with Gasteiger partial charge in [0.2, 0.25) is 5.91 Å². The topological polar surface area (TPSA) is 35.6 Å². The van der Waals surface area contributed by atoms with E-state index in [1.807, 2.05) is 4.90 Å². The lowest BCUT2D eigenvalue weighted by molar-refractivity contribution is -0.134. The van der Waals surface area contributed by atoms with Crippen molar-refractivity contribution in [3.63, 3.8) is 0 Å². The Morgan fingerprint density at radius 1 is 1.22 bits per heavy atom. The average Bonchev–Trinajstić information content (AvgIpc) is 2.54. The number of halogens is 1. The minimum absolute atomic E-state index is 0. The normalized spacial score (nSPS) is 25.0. The molecule has 0 aliphatic carbocycles. The summed E-state index contributed by atoms with van der Waals surface area (Å²) in [7, 11) is 0. The summed E-state index contributed by atoms with van der Waals surface area (Å²) in [6.07, 6.45) is 2.17. The first-order chi connectivity index (χ1) is 10.6. The molecule has 128 valence electrons. The van der Waals surface area contributed by atoms with E-state index < -0.39 is 0 Å². The summed E-state index contributed by atoms with van der Waals surface area (Å²) < 4.78 is 0. The highest BCUT2D eigenvalue weighted by Crippen LogP contribution is 2.20. The maximum atomic E-state index is 12.6. The Hall–Kier alpha value is -1.26. The smallest absolute Gasteiger partial charge is 0.239 e. The second-order valence-corrected chi connectivity index (χ2v) is 6.79. The SMILES string of the molecule is Cc1cccc(N2CCN(C(=O)C3CC(C)CCN3)CC2)c1.Cl. The molecule has 5 heteroatoms. The first kappa shape index (κ1) is 18.1. The number of hydrogen-bond acceptors (Lipinski definition) is 3. The standard InChI is InChI=1S/C18H27N3O.ClH/c1-14-4-3-5-16(12-14)20-8-10-21(11-9-20)18(22)17-13-15(2)6-7-19-17;/h3-5,12,15,17,19H,6-11,13H2,1-2H3;1H. The number of piperazine rings is 1. The van der Waals surface area contributed by atoms with Gasteiger partial charge in [-0.05, 0) is 49.9 Å². The van der Waals surface area contributed by atoms with Crippen molar-refractivity contribution in [2.75, 3.05) is 37.6 Å². The Morgan fingerprint density at radius 2 is 1.96 bits per heavy atom. The number of nitrogens with one attached hydrogen (secondary N) is 1. The predicted octanol–water partition coefficient (Wildman–Crippen LogP) is 2.45. The van der Waals surface area contributed by atoms with Crippen LogP contribution in [-0.4, -0.2) is 49.6 Å². The van der Waals surface area contributed by atoms with E-state index in [1.54, 1.807) is 0 Å². The quantitative estimate of drug-likeness (QED) is 0.900. The lowest BCUT2D eigenvalue weighted by atomic mass is 9.93. The van der Waals surface area contributed by atoms with E-state index in [2.05, 4.69) is 48.3 Å². The molecule has 2 heterocycles. The predicted molar refractivity (Wildman–Crippen MR) is 97.4 cm³/mol. The van der Waals surface area contributed by atoms with Crippen LogP contribution in [0.2, 0.25) is 0 Å². The van der Waals surface area contributed by atoms with Gasteiger partial charge in [0.15, 0.2) is 0 Å². The number of piperidine rings is 1. The third kappa shape index (κ3) is 4.39. The van der Waals surface area contributed by atoms with Crippen LogP contribution in [0.15, 0.2) is 24.3 Å². The van der Waals surface area contributed by atoms with Crippen molar-refractivity contribution in [2.45, 2.75) is 32.7 Å². The van der Waals surface area contributed by atoms with Crippen molar-refractivity contribution in [3.8, 4) is 0 Å². The highest BCUT2D eigenvalue weighted by molar-refractivity contribution is 5.85. The molecule has 0 radical (unpaired) electrons. The summed E-state index contributed by atoms with van der Waals surface area (Å²) in [5.74, 6) is 0.958. The highest BCUT2D eigenvalue weighted by atomic mass is 35.5. The molecular formula is C18H28ClN3O. The van der Waals surface area contributed by atoms with Crippen LogP contribution in [-0.2, 0) is 4.79 Å². The van der Waals surface area contributed by atoms with Crippen LogP contribution in [0.1, 0.15) is 25.3 Å². The van der Waals surface area contributed by atoms with Crippen LogP contribution in [0, 0.1) is 12.8 Å². The summed E-state index contributed by atoms with van der Waals surface area (Å²) in [6, 6.07) is 8.65. The first-order valence-electron chi connectivity index (χ1n) is 8.47. The minimum atomic E-state index is 0. The number of nitrogens with zero attached hydrogens (tertiary/aromatic N) is 2. The van der Waals surface area contributed by atoms with Crippen molar-refractivity contribution in [1.82, 2.24) is 10.2 Å². The average molecular weight is 338 g/mol. The Kier molecular flexibility index (Phi) is 6.31. The Morgan fingerprint density at radius 3 is 2.61 bits per heavy atom. The molecule has 2 aliphatic rings. The number of aryl methyl sites for hydroxylation is 1. The summed E-state index contributed by atoms with van der Waals surface area (Å²) in [4.78, 5) is 17.1. The Balaban J connectivity index is 0.00000192. The van der Waals surface area contributed by atoms with Crippen LogP contribution in [0.3, 0.4) is 0 Å². The van der Waals surface area contributed by atoms with Gasteiger partial charge in [0.05, 0.1) is 6.04 Å². The largest absolute Gasteiger partial charge is 0.368 e. The zero-order chi connectivity index (χ0) is 15.5. The van der Waals surface area contributed by atoms with Gasteiger partial charge in [-0.15, -0.1) is 12.4 Å². The van der Waals surface area contributed by atoms with Crippen molar-refractivity contribution in [1.29, 1.82) is 0 Å². The van der Waals surface area contributed by atoms with E-state index in [-0.39, 0.29) is 18.4 Å². The van der Waals surface area contributed by atoms with E-state index in [1.165, 1.54) is 17.7 Å². The van der Waals surface area contributed by atoms with Gasteiger partial charge >= 0.3 is 0 Å². The van der Waals surface area contributed by atoms with Gasteiger partial charge in [0.25, 0.3) is 0 Å². The molecule has 0 aromatic heterocycles. The molecule has 3 rings (SSSR count). The molecule has 1 N–H and O–H groups in total. The lowest BCUT2D eigenvalue weighted by Crippen LogP contribution is -2.55. The van der Waals surface area contributed by atoms with Gasteiger partial charge in [0.1, 0.15) is 0 Å². The zero-order valence-corrected chi connectivity index (χ0v) is 14.9. The van der Waals surface area contributed by atoms with E-state index in [0.717, 1.165) is 39.1 Å². The molecule has 2 saturated heterocycles. The minimum Gasteiger partial charge on any atom is -0.368 e. The van der Waals surface area contributed by atoms with Gasteiger partial charge in [-0.2, -0.15) is 0 Å². The third-order valence-corrected chi connectivity index (χ3v) is 4.92. The summed E-state index contributed by atoms with van der Waals surface area (Å²) in [6.45, 7) is 8.87. The number of amides is 1. The molecule has 0 spiro atoms. The summed E-state index contributed by atoms with van der Waals surface area (Å²) in [5, 5.41) is 3.39. The molecular weight excluding hydrogens is 310 g/mol. The fourth-order valence-corrected chi connectivity index (χ4v) is 3.53. The molecule has 2 fully saturated rings. The number of anilines is 1. The second kappa shape index (κ2) is 8.02. The fraction of sp³-hybridized carbons (Fsp3) is 0.611. The third-order valence-electron chi connectivity index (χ3n) is 4.92. The Bertz CT molecular complexity index is 529. The van der Waals surface area contributed by atoms with Crippen LogP contribution in [0.25, 0.3) is 0 Å². The molecule has 0 bridgehead atoms. The van der Waals surface area contributed by atoms with E-state index in [9.17, 15) is 4.79 Å². The van der Waals surface area contributed by atoms with Crippen molar-refractivity contribution >= 4 is 24.0 Å². The van der Waals surface area contributed by atoms with Gasteiger partial charge < -0.3 is 15.1 Å². The summed E-state index contributed by atoms with van der Waals surface area (Å²) >= 11 is 0. The van der Waals surface area contributed by atoms with Crippen LogP contribution >= 0.6 is 12.4 Å². The number of hydrogen-bond donors (Lipinski definition) is 1. The maximum absolute atomic E-state index is 12.6. The van der Waals surface area contributed by atoms with Gasteiger partial charge in [0, 0.05) is 31.9 Å². The van der Waals surface area contributed by atoms with Gasteiger partial charge in [-0.3, -0.25) is 4.79 Å². The highest BCUT2D eigenvalue weighted by Gasteiger charge is 2.30. The Labute approximate surface area is 145 Å². The monoisotopic (exact) mass is 337 g/mol. The van der Waals surface area contributed by atoms with Crippen LogP contribution < -0.4 is 10.2 Å². The first-order valence-corrected chi connectivity index (χ1v) is 8.47. The van der Waals surface area contributed by atoms with Crippen molar-refractivity contribution < 1.29 is 4.79 Å². The fourth-order valence-electron chi connectivity index (χ4n) is 3.53. The molecule has 1 amide bonds. The second-order valence-electron chi connectivity index (χ2n) is 6.79. The number of benzene rings is 1. The van der Waals surface area contributed by atoms with E-state index >= 15 is 0 Å².